The molecular formula is C13H29NSi. The molecule has 0 aromatic rings. The summed E-state index contributed by atoms with van der Waals surface area (Å²) in [7, 11) is -0.846. The van der Waals surface area contributed by atoms with E-state index in [1.807, 2.05) is 0 Å². The third-order valence-corrected chi connectivity index (χ3v) is 6.98. The topological polar surface area (TPSA) is 3.24 Å². The fourth-order valence-electron chi connectivity index (χ4n) is 1.89. The minimum Gasteiger partial charge on any atom is -0.323 e. The molecule has 0 spiro atoms. The van der Waals surface area contributed by atoms with Gasteiger partial charge in [0.1, 0.15) is 8.96 Å². The van der Waals surface area contributed by atoms with Crippen LogP contribution in [0.2, 0.25) is 5.54 Å². The third kappa shape index (κ3) is 5.52. The van der Waals surface area contributed by atoms with Crippen LogP contribution >= 0.6 is 0 Å². The highest BCUT2D eigenvalue weighted by Gasteiger charge is 2.20. The largest absolute Gasteiger partial charge is 0.323 e. The van der Waals surface area contributed by atoms with Crippen LogP contribution in [0.5, 0.6) is 0 Å². The van der Waals surface area contributed by atoms with Crippen LogP contribution in [-0.2, 0) is 0 Å². The van der Waals surface area contributed by atoms with E-state index in [4.69, 9.17) is 0 Å². The minimum absolute atomic E-state index is 0.694. The highest BCUT2D eigenvalue weighted by molar-refractivity contribution is 6.62. The summed E-state index contributed by atoms with van der Waals surface area (Å²) in [6.07, 6.45) is 3.72. The molecule has 1 nitrogen and oxygen atoms in total. The maximum atomic E-state index is 2.69. The molecule has 0 fully saturated rings. The van der Waals surface area contributed by atoms with Gasteiger partial charge in [0.2, 0.25) is 0 Å². The van der Waals surface area contributed by atoms with E-state index < -0.39 is 8.96 Å². The predicted octanol–water partition coefficient (Wildman–Crippen LogP) is 3.60. The molecule has 2 heteroatoms. The molecule has 0 amide bonds. The van der Waals surface area contributed by atoms with Gasteiger partial charge in [0.25, 0.3) is 0 Å². The third-order valence-electron chi connectivity index (χ3n) is 3.15. The number of hydrogen-bond acceptors (Lipinski definition) is 1. The molecule has 2 unspecified atom stereocenters. The van der Waals surface area contributed by atoms with E-state index in [9.17, 15) is 0 Å². The van der Waals surface area contributed by atoms with Gasteiger partial charge in [-0.2, -0.15) is 0 Å². The second kappa shape index (κ2) is 8.11. The average Bonchev–Trinajstić information content (AvgIpc) is 2.22. The Bertz CT molecular complexity index is 173. The maximum absolute atomic E-state index is 2.69. The van der Waals surface area contributed by atoms with E-state index >= 15 is 0 Å². The van der Waals surface area contributed by atoms with E-state index in [2.05, 4.69) is 57.9 Å². The monoisotopic (exact) mass is 227 g/mol. The average molecular weight is 227 g/mol. The summed E-state index contributed by atoms with van der Waals surface area (Å²) < 4.78 is 2.69. The van der Waals surface area contributed by atoms with Gasteiger partial charge in [0, 0.05) is 0 Å². The number of allylic oxidation sites excluding steroid dienone is 1. The fraction of sp³-hybridized carbons (Fsp3) is 0.846. The van der Waals surface area contributed by atoms with Gasteiger partial charge in [0.05, 0.1) is 0 Å². The summed E-state index contributed by atoms with van der Waals surface area (Å²) >= 11 is 0. The lowest BCUT2D eigenvalue weighted by Crippen LogP contribution is -2.40. The molecule has 0 bridgehead atoms. The number of hydrogen-bond donors (Lipinski definition) is 0. The number of rotatable bonds is 7. The molecule has 0 N–H and O–H groups in total. The van der Waals surface area contributed by atoms with Crippen LogP contribution < -0.4 is 0 Å². The lowest BCUT2D eigenvalue weighted by Gasteiger charge is -2.30. The molecule has 0 aromatic heterocycles. The summed E-state index contributed by atoms with van der Waals surface area (Å²) in [5.41, 5.74) is 3.44. The molecule has 0 saturated carbocycles. The van der Waals surface area contributed by atoms with Gasteiger partial charge in [-0.25, -0.2) is 0 Å². The van der Waals surface area contributed by atoms with Crippen molar-refractivity contribution < 1.29 is 0 Å². The molecule has 0 saturated heterocycles. The molecular weight excluding hydrogens is 198 g/mol. The first-order valence-electron chi connectivity index (χ1n) is 6.49. The van der Waals surface area contributed by atoms with E-state index in [0.29, 0.717) is 5.92 Å². The van der Waals surface area contributed by atoms with Crippen molar-refractivity contribution in [2.24, 2.45) is 5.92 Å². The summed E-state index contributed by atoms with van der Waals surface area (Å²) in [6, 6.07) is 0. The summed E-state index contributed by atoms with van der Waals surface area (Å²) in [4.78, 5) is 0. The molecule has 2 atom stereocenters. The van der Waals surface area contributed by atoms with Gasteiger partial charge in [0.15, 0.2) is 0 Å². The standard InChI is InChI=1S/C13H29NSi/c1-7-13(6)15(11-10-12(4)5)14(8-2)9-3/h10-13,15H,7-9H2,1-6H3. The molecule has 0 aliphatic carbocycles. The first-order valence-corrected chi connectivity index (χ1v) is 8.34. The van der Waals surface area contributed by atoms with Gasteiger partial charge < -0.3 is 4.57 Å². The van der Waals surface area contributed by atoms with Crippen LogP contribution in [-0.4, -0.2) is 26.6 Å². The van der Waals surface area contributed by atoms with Crippen LogP contribution in [0.3, 0.4) is 0 Å². The van der Waals surface area contributed by atoms with Crippen LogP contribution in [0, 0.1) is 5.92 Å². The Morgan fingerprint density at radius 3 is 1.93 bits per heavy atom. The van der Waals surface area contributed by atoms with Crippen molar-refractivity contribution in [1.82, 2.24) is 4.57 Å². The number of nitrogens with zero attached hydrogens (tertiary/aromatic N) is 1. The lowest BCUT2D eigenvalue weighted by molar-refractivity contribution is 0.472. The van der Waals surface area contributed by atoms with Crippen molar-refractivity contribution >= 4 is 8.96 Å². The van der Waals surface area contributed by atoms with Crippen molar-refractivity contribution in [3.05, 3.63) is 11.8 Å². The summed E-state index contributed by atoms with van der Waals surface area (Å²) in [5.74, 6) is 0.694. The SMILES string of the molecule is CCC(C)[SiH](C=CC(C)C)N(CC)CC. The van der Waals surface area contributed by atoms with Gasteiger partial charge in [-0.05, 0) is 24.5 Å². The van der Waals surface area contributed by atoms with Crippen LogP contribution in [0.4, 0.5) is 0 Å². The van der Waals surface area contributed by atoms with Crippen molar-refractivity contribution in [3.8, 4) is 0 Å². The fourth-order valence-corrected chi connectivity index (χ4v) is 5.24. The Kier molecular flexibility index (Phi) is 8.07. The van der Waals surface area contributed by atoms with Crippen molar-refractivity contribution in [1.29, 1.82) is 0 Å². The van der Waals surface area contributed by atoms with Crippen LogP contribution in [0.1, 0.15) is 48.0 Å². The van der Waals surface area contributed by atoms with Gasteiger partial charge >= 0.3 is 0 Å². The molecule has 15 heavy (non-hydrogen) atoms. The predicted molar refractivity (Wildman–Crippen MR) is 73.8 cm³/mol. The Hall–Kier alpha value is -0.0831. The highest BCUT2D eigenvalue weighted by Crippen LogP contribution is 2.18. The summed E-state index contributed by atoms with van der Waals surface area (Å²) in [6.45, 7) is 16.3. The van der Waals surface area contributed by atoms with Crippen molar-refractivity contribution in [2.45, 2.75) is 53.5 Å². The van der Waals surface area contributed by atoms with E-state index in [1.165, 1.54) is 19.5 Å². The molecule has 0 aliphatic rings. The second-order valence-electron chi connectivity index (χ2n) is 4.73. The molecule has 0 aromatic carbocycles. The Labute approximate surface area is 98.2 Å². The molecule has 0 rings (SSSR count). The molecule has 0 heterocycles. The zero-order chi connectivity index (χ0) is 11.8. The highest BCUT2D eigenvalue weighted by atomic mass is 28.3. The minimum atomic E-state index is -0.846. The molecule has 90 valence electrons. The molecule has 0 radical (unpaired) electrons. The summed E-state index contributed by atoms with van der Waals surface area (Å²) in [5, 5.41) is 0. The van der Waals surface area contributed by atoms with E-state index in [-0.39, 0.29) is 0 Å². The van der Waals surface area contributed by atoms with Gasteiger partial charge in [-0.1, -0.05) is 59.7 Å². The smallest absolute Gasteiger partial charge is 0.138 e. The Balaban J connectivity index is 4.55. The van der Waals surface area contributed by atoms with E-state index in [0.717, 1.165) is 5.54 Å². The molecule has 0 aliphatic heterocycles. The Morgan fingerprint density at radius 2 is 1.60 bits per heavy atom. The lowest BCUT2D eigenvalue weighted by atomic mass is 10.2. The van der Waals surface area contributed by atoms with Gasteiger partial charge in [-0.3, -0.25) is 0 Å². The normalized spacial score (nSPS) is 16.5. The van der Waals surface area contributed by atoms with Crippen LogP contribution in [0.25, 0.3) is 0 Å². The quantitative estimate of drug-likeness (QED) is 0.601. The van der Waals surface area contributed by atoms with E-state index in [1.54, 1.807) is 0 Å². The zero-order valence-electron chi connectivity index (χ0n) is 11.5. The zero-order valence-corrected chi connectivity index (χ0v) is 12.6. The first-order chi connectivity index (χ1) is 7.06. The Morgan fingerprint density at radius 1 is 1.07 bits per heavy atom. The maximum Gasteiger partial charge on any atom is 0.138 e. The first kappa shape index (κ1) is 14.9. The van der Waals surface area contributed by atoms with Crippen molar-refractivity contribution in [3.63, 3.8) is 0 Å². The van der Waals surface area contributed by atoms with Crippen LogP contribution in [0.15, 0.2) is 11.8 Å². The van der Waals surface area contributed by atoms with Crippen molar-refractivity contribution in [2.75, 3.05) is 13.1 Å². The second-order valence-corrected chi connectivity index (χ2v) is 7.96. The van der Waals surface area contributed by atoms with Gasteiger partial charge in [-0.15, -0.1) is 0 Å².